The van der Waals surface area contributed by atoms with E-state index in [1.165, 1.54) is 0 Å². The molecule has 3 aromatic carbocycles. The first-order valence-electron chi connectivity index (χ1n) is 11.4. The molecule has 0 atom stereocenters. The van der Waals surface area contributed by atoms with Gasteiger partial charge in [0.25, 0.3) is 11.6 Å². The number of piperidine rings is 1. The van der Waals surface area contributed by atoms with Gasteiger partial charge in [0.05, 0.1) is 17.6 Å². The summed E-state index contributed by atoms with van der Waals surface area (Å²) < 4.78 is 5.47. The Bertz CT molecular complexity index is 1140. The molecule has 1 aliphatic heterocycles. The first-order valence-corrected chi connectivity index (χ1v) is 11.4. The highest BCUT2D eigenvalue weighted by Crippen LogP contribution is 2.29. The first-order chi connectivity index (χ1) is 16.5. The van der Waals surface area contributed by atoms with Crippen molar-refractivity contribution >= 4 is 17.3 Å². The van der Waals surface area contributed by atoms with Gasteiger partial charge in [-0.25, -0.2) is 0 Å². The molecule has 7 heteroatoms. The fraction of sp³-hybridized carbons (Fsp3) is 0.296. The molecule has 0 aromatic heterocycles. The number of hydrogen-bond donors (Lipinski definition) is 0. The number of rotatable bonds is 7. The van der Waals surface area contributed by atoms with Crippen molar-refractivity contribution in [3.8, 4) is 5.75 Å². The maximum atomic E-state index is 13.7. The number of anilines is 1. The lowest BCUT2D eigenvalue weighted by molar-refractivity contribution is -0.384. The minimum atomic E-state index is -0.381. The summed E-state index contributed by atoms with van der Waals surface area (Å²) in [5, 5.41) is 10.9. The Morgan fingerprint density at radius 1 is 1.03 bits per heavy atom. The van der Waals surface area contributed by atoms with E-state index in [0.717, 1.165) is 49.3 Å². The zero-order chi connectivity index (χ0) is 24.1. The third-order valence-corrected chi connectivity index (χ3v) is 6.34. The van der Waals surface area contributed by atoms with Crippen LogP contribution in [0.2, 0.25) is 0 Å². The molecule has 7 nitrogen and oxygen atoms in total. The molecule has 0 spiro atoms. The number of nitro benzene ring substituents is 1. The topological polar surface area (TPSA) is 75.9 Å². The number of aryl methyl sites for hydroxylation is 1. The van der Waals surface area contributed by atoms with Crippen molar-refractivity contribution in [2.24, 2.45) is 0 Å². The second kappa shape index (κ2) is 10.5. The average molecular weight is 460 g/mol. The zero-order valence-corrected chi connectivity index (χ0v) is 19.5. The summed E-state index contributed by atoms with van der Waals surface area (Å²) in [5.74, 6) is 0.510. The van der Waals surface area contributed by atoms with Crippen molar-refractivity contribution in [1.82, 2.24) is 4.90 Å². The molecule has 1 fully saturated rings. The number of para-hydroxylation sites is 1. The predicted molar refractivity (Wildman–Crippen MR) is 132 cm³/mol. The summed E-state index contributed by atoms with van der Waals surface area (Å²) in [5.41, 5.74) is 3.73. The summed E-state index contributed by atoms with van der Waals surface area (Å²) >= 11 is 0. The maximum absolute atomic E-state index is 13.7. The van der Waals surface area contributed by atoms with E-state index in [0.29, 0.717) is 11.3 Å². The lowest BCUT2D eigenvalue weighted by Gasteiger charge is -2.39. The standard InChI is InChI=1S/C27H29N3O4/c1-20-7-11-22(12-8-20)29(27(31)25-5-3-4-6-26(25)34-2)23-15-17-28(18-16-23)19-21-9-13-24(14-10-21)30(32)33/h3-14,23H,15-19H2,1-2H3. The van der Waals surface area contributed by atoms with Crippen molar-refractivity contribution in [1.29, 1.82) is 0 Å². The zero-order valence-electron chi connectivity index (χ0n) is 19.5. The fourth-order valence-electron chi connectivity index (χ4n) is 4.47. The van der Waals surface area contributed by atoms with E-state index in [4.69, 9.17) is 4.74 Å². The lowest BCUT2D eigenvalue weighted by atomic mass is 9.99. The third-order valence-electron chi connectivity index (χ3n) is 6.34. The van der Waals surface area contributed by atoms with Crippen LogP contribution in [0.1, 0.15) is 34.3 Å². The van der Waals surface area contributed by atoms with Crippen LogP contribution in [-0.4, -0.2) is 42.0 Å². The van der Waals surface area contributed by atoms with Crippen LogP contribution in [0.5, 0.6) is 5.75 Å². The van der Waals surface area contributed by atoms with Gasteiger partial charge in [-0.1, -0.05) is 42.0 Å². The number of amides is 1. The second-order valence-corrected chi connectivity index (χ2v) is 8.64. The number of likely N-dealkylation sites (tertiary alicyclic amines) is 1. The monoisotopic (exact) mass is 459 g/mol. The highest BCUT2D eigenvalue weighted by molar-refractivity contribution is 6.08. The van der Waals surface area contributed by atoms with Crippen molar-refractivity contribution in [2.45, 2.75) is 32.4 Å². The van der Waals surface area contributed by atoms with Crippen LogP contribution >= 0.6 is 0 Å². The molecule has 0 radical (unpaired) electrons. The largest absolute Gasteiger partial charge is 0.496 e. The van der Waals surface area contributed by atoms with Gasteiger partial charge in [0.15, 0.2) is 0 Å². The summed E-state index contributed by atoms with van der Waals surface area (Å²) in [6.45, 7) is 4.44. The van der Waals surface area contributed by atoms with Gasteiger partial charge in [-0.05, 0) is 49.6 Å². The highest BCUT2D eigenvalue weighted by Gasteiger charge is 2.31. The Morgan fingerprint density at radius 3 is 2.29 bits per heavy atom. The molecule has 1 aliphatic rings. The number of benzene rings is 3. The van der Waals surface area contributed by atoms with Gasteiger partial charge in [-0.15, -0.1) is 0 Å². The number of hydrogen-bond acceptors (Lipinski definition) is 5. The number of carbonyl (C=O) groups excluding carboxylic acids is 1. The third kappa shape index (κ3) is 5.26. The molecule has 0 aliphatic carbocycles. The van der Waals surface area contributed by atoms with Gasteiger partial charge in [0.1, 0.15) is 5.75 Å². The smallest absolute Gasteiger partial charge is 0.269 e. The molecule has 3 aromatic rings. The van der Waals surface area contributed by atoms with E-state index in [1.807, 2.05) is 72.5 Å². The van der Waals surface area contributed by atoms with Crippen LogP contribution in [0, 0.1) is 17.0 Å². The van der Waals surface area contributed by atoms with Crippen molar-refractivity contribution in [2.75, 3.05) is 25.1 Å². The molecule has 1 amide bonds. The number of methoxy groups -OCH3 is 1. The molecular formula is C27H29N3O4. The lowest BCUT2D eigenvalue weighted by Crippen LogP contribution is -2.47. The van der Waals surface area contributed by atoms with Gasteiger partial charge in [0.2, 0.25) is 0 Å². The van der Waals surface area contributed by atoms with Gasteiger partial charge in [-0.2, -0.15) is 0 Å². The highest BCUT2D eigenvalue weighted by atomic mass is 16.6. The normalized spacial score (nSPS) is 14.5. The van der Waals surface area contributed by atoms with Crippen LogP contribution in [0.4, 0.5) is 11.4 Å². The molecule has 0 unspecified atom stereocenters. The quantitative estimate of drug-likeness (QED) is 0.358. The number of nitrogens with zero attached hydrogens (tertiary/aromatic N) is 3. The van der Waals surface area contributed by atoms with Gasteiger partial charge in [0, 0.05) is 43.5 Å². The van der Waals surface area contributed by atoms with Crippen molar-refractivity contribution < 1.29 is 14.5 Å². The second-order valence-electron chi connectivity index (χ2n) is 8.64. The molecule has 1 saturated heterocycles. The SMILES string of the molecule is COc1ccccc1C(=O)N(c1ccc(C)cc1)C1CCN(Cc2ccc([N+](=O)[O-])cc2)CC1. The molecule has 4 rings (SSSR count). The Kier molecular flexibility index (Phi) is 7.23. The van der Waals surface area contributed by atoms with Crippen LogP contribution in [0.15, 0.2) is 72.8 Å². The molecule has 0 saturated carbocycles. The van der Waals surface area contributed by atoms with Crippen LogP contribution in [-0.2, 0) is 6.54 Å². The van der Waals surface area contributed by atoms with Gasteiger partial charge < -0.3 is 9.64 Å². The number of ether oxygens (including phenoxy) is 1. The fourth-order valence-corrected chi connectivity index (χ4v) is 4.47. The Hall–Kier alpha value is -3.71. The van der Waals surface area contributed by atoms with Crippen molar-refractivity contribution in [3.05, 3.63) is 99.6 Å². The van der Waals surface area contributed by atoms with E-state index >= 15 is 0 Å². The van der Waals surface area contributed by atoms with E-state index in [1.54, 1.807) is 19.2 Å². The minimum absolute atomic E-state index is 0.0601. The molecular weight excluding hydrogens is 430 g/mol. The number of non-ortho nitro benzene ring substituents is 1. The van der Waals surface area contributed by atoms with E-state index in [2.05, 4.69) is 4.90 Å². The van der Waals surface area contributed by atoms with Crippen LogP contribution < -0.4 is 9.64 Å². The minimum Gasteiger partial charge on any atom is -0.496 e. The summed E-state index contributed by atoms with van der Waals surface area (Å²) in [4.78, 5) is 28.5. The Labute approximate surface area is 199 Å². The molecule has 0 N–H and O–H groups in total. The van der Waals surface area contributed by atoms with Gasteiger partial charge >= 0.3 is 0 Å². The van der Waals surface area contributed by atoms with Gasteiger partial charge in [-0.3, -0.25) is 19.8 Å². The van der Waals surface area contributed by atoms with Crippen LogP contribution in [0.3, 0.4) is 0 Å². The Morgan fingerprint density at radius 2 is 1.68 bits per heavy atom. The van der Waals surface area contributed by atoms with E-state index in [-0.39, 0.29) is 22.6 Å². The molecule has 1 heterocycles. The molecule has 0 bridgehead atoms. The van der Waals surface area contributed by atoms with Crippen molar-refractivity contribution in [3.63, 3.8) is 0 Å². The predicted octanol–water partition coefficient (Wildman–Crippen LogP) is 5.22. The maximum Gasteiger partial charge on any atom is 0.269 e. The first kappa shape index (κ1) is 23.4. The summed E-state index contributed by atoms with van der Waals surface area (Å²) in [6.07, 6.45) is 1.67. The summed E-state index contributed by atoms with van der Waals surface area (Å²) in [7, 11) is 1.58. The van der Waals surface area contributed by atoms with E-state index in [9.17, 15) is 14.9 Å². The number of carbonyl (C=O) groups is 1. The molecule has 176 valence electrons. The average Bonchev–Trinajstić information content (AvgIpc) is 2.86. The van der Waals surface area contributed by atoms with Crippen LogP contribution in [0.25, 0.3) is 0 Å². The summed E-state index contributed by atoms with van der Waals surface area (Å²) in [6, 6.07) is 22.2. The Balaban J connectivity index is 1.51. The molecule has 34 heavy (non-hydrogen) atoms. The number of nitro groups is 1. The van der Waals surface area contributed by atoms with E-state index < -0.39 is 0 Å².